The van der Waals surface area contributed by atoms with Gasteiger partial charge in [-0.2, -0.15) is 0 Å². The number of nitrogens with zero attached hydrogens (tertiary/aromatic N) is 1. The average molecular weight is 529 g/mol. The third-order valence-electron chi connectivity index (χ3n) is 6.26. The average Bonchev–Trinajstić information content (AvgIpc) is 3.31. The molecule has 3 aromatic carbocycles. The molecule has 5 aromatic rings. The van der Waals surface area contributed by atoms with Crippen LogP contribution in [0.5, 0.6) is 11.5 Å². The summed E-state index contributed by atoms with van der Waals surface area (Å²) in [4.78, 5) is 31.0. The predicted molar refractivity (Wildman–Crippen MR) is 152 cm³/mol. The number of anilines is 1. The normalized spacial score (nSPS) is 12.4. The number of ether oxygens (including phenoxy) is 2. The van der Waals surface area contributed by atoms with Crippen molar-refractivity contribution in [3.63, 3.8) is 0 Å². The first kappa shape index (κ1) is 25.5. The van der Waals surface area contributed by atoms with Crippen LogP contribution in [0, 0.1) is 0 Å². The van der Waals surface area contributed by atoms with Crippen LogP contribution in [0.25, 0.3) is 32.5 Å². The van der Waals surface area contributed by atoms with Crippen molar-refractivity contribution in [3.05, 3.63) is 82.5 Å². The fraction of sp³-hybridized carbons (Fsp3) is 0.233. The van der Waals surface area contributed by atoms with E-state index in [9.17, 15) is 9.59 Å². The standard InChI is InChI=1S/C30H28N2O5S/c1-17(28(34)32-29-31-22-15-14-20(35-5)16-24(22)38-29)36-27-25(33)21-8-6-7-9-23(21)37-26(27)18-10-12-19(13-11-18)30(2,3)4/h6-17H,1-5H3,(H,31,32,34). The number of benzene rings is 3. The Morgan fingerprint density at radius 1 is 1.05 bits per heavy atom. The number of hydrogen-bond donors (Lipinski definition) is 1. The Labute approximate surface area is 224 Å². The molecule has 1 unspecified atom stereocenters. The van der Waals surface area contributed by atoms with Crippen LogP contribution in [0.3, 0.4) is 0 Å². The van der Waals surface area contributed by atoms with E-state index in [0.29, 0.717) is 27.4 Å². The first-order chi connectivity index (χ1) is 18.1. The van der Waals surface area contributed by atoms with Gasteiger partial charge in [-0.15, -0.1) is 0 Å². The van der Waals surface area contributed by atoms with Crippen molar-refractivity contribution in [1.29, 1.82) is 0 Å². The summed E-state index contributed by atoms with van der Waals surface area (Å²) < 4.78 is 18.3. The van der Waals surface area contributed by atoms with E-state index in [4.69, 9.17) is 13.9 Å². The molecule has 0 aliphatic carbocycles. The Morgan fingerprint density at radius 3 is 2.50 bits per heavy atom. The molecule has 2 aromatic heterocycles. The van der Waals surface area contributed by atoms with Crippen LogP contribution in [0.15, 0.2) is 75.9 Å². The van der Waals surface area contributed by atoms with E-state index in [1.165, 1.54) is 11.3 Å². The topological polar surface area (TPSA) is 90.7 Å². The zero-order valence-corrected chi connectivity index (χ0v) is 22.6. The highest BCUT2D eigenvalue weighted by Gasteiger charge is 2.24. The van der Waals surface area contributed by atoms with Gasteiger partial charge in [-0.3, -0.25) is 14.9 Å². The van der Waals surface area contributed by atoms with Crippen LogP contribution in [0.1, 0.15) is 33.3 Å². The maximum Gasteiger partial charge on any atom is 0.266 e. The summed E-state index contributed by atoms with van der Waals surface area (Å²) in [6.45, 7) is 7.99. The molecule has 0 saturated carbocycles. The van der Waals surface area contributed by atoms with Gasteiger partial charge in [0.15, 0.2) is 17.0 Å². The second kappa shape index (κ2) is 9.95. The van der Waals surface area contributed by atoms with Crippen LogP contribution >= 0.6 is 11.3 Å². The number of nitrogens with one attached hydrogen (secondary N) is 1. The summed E-state index contributed by atoms with van der Waals surface area (Å²) in [6.07, 6.45) is -0.992. The van der Waals surface area contributed by atoms with Crippen molar-refractivity contribution in [2.45, 2.75) is 39.2 Å². The van der Waals surface area contributed by atoms with Gasteiger partial charge < -0.3 is 13.9 Å². The summed E-state index contributed by atoms with van der Waals surface area (Å²) in [5.41, 5.74) is 2.66. The highest BCUT2D eigenvalue weighted by Crippen LogP contribution is 2.34. The molecule has 0 aliphatic rings. The lowest BCUT2D eigenvalue weighted by molar-refractivity contribution is -0.122. The predicted octanol–water partition coefficient (Wildman–Crippen LogP) is 6.78. The van der Waals surface area contributed by atoms with Crippen LogP contribution in [-0.4, -0.2) is 24.1 Å². The lowest BCUT2D eigenvalue weighted by atomic mass is 9.86. The summed E-state index contributed by atoms with van der Waals surface area (Å²) in [6, 6.07) is 20.3. The molecule has 2 heterocycles. The molecular weight excluding hydrogens is 500 g/mol. The SMILES string of the molecule is COc1ccc2nc(NC(=O)C(C)Oc3c(-c4ccc(C(C)(C)C)cc4)oc4ccccc4c3=O)sc2c1. The number of aromatic nitrogens is 1. The molecule has 8 heteroatoms. The highest BCUT2D eigenvalue weighted by atomic mass is 32.1. The molecule has 7 nitrogen and oxygen atoms in total. The van der Waals surface area contributed by atoms with Gasteiger partial charge in [0.2, 0.25) is 11.2 Å². The molecule has 194 valence electrons. The smallest absolute Gasteiger partial charge is 0.266 e. The van der Waals surface area contributed by atoms with Crippen LogP contribution in [-0.2, 0) is 10.2 Å². The highest BCUT2D eigenvalue weighted by molar-refractivity contribution is 7.22. The minimum atomic E-state index is -0.992. The summed E-state index contributed by atoms with van der Waals surface area (Å²) in [5.74, 6) is 0.546. The number of fused-ring (bicyclic) bond motifs is 2. The molecule has 0 spiro atoms. The first-order valence-corrected chi connectivity index (χ1v) is 13.0. The Bertz CT molecular complexity index is 1700. The maximum atomic E-state index is 13.5. The van der Waals surface area contributed by atoms with Gasteiger partial charge in [0.25, 0.3) is 5.91 Å². The van der Waals surface area contributed by atoms with Gasteiger partial charge >= 0.3 is 0 Å². The second-order valence-electron chi connectivity index (χ2n) is 10.0. The fourth-order valence-electron chi connectivity index (χ4n) is 4.07. The van der Waals surface area contributed by atoms with Crippen molar-refractivity contribution in [2.24, 2.45) is 0 Å². The largest absolute Gasteiger partial charge is 0.497 e. The molecule has 1 N–H and O–H groups in total. The van der Waals surface area contributed by atoms with Gasteiger partial charge in [0.1, 0.15) is 11.3 Å². The first-order valence-electron chi connectivity index (χ1n) is 12.2. The van der Waals surface area contributed by atoms with E-state index >= 15 is 0 Å². The summed E-state index contributed by atoms with van der Waals surface area (Å²) in [5, 5.41) is 3.61. The number of hydrogen-bond acceptors (Lipinski definition) is 7. The third-order valence-corrected chi connectivity index (χ3v) is 7.19. The second-order valence-corrected chi connectivity index (χ2v) is 11.0. The van der Waals surface area contributed by atoms with Gasteiger partial charge in [-0.25, -0.2) is 4.98 Å². The maximum absolute atomic E-state index is 13.5. The van der Waals surface area contributed by atoms with Gasteiger partial charge in [0, 0.05) is 5.56 Å². The summed E-state index contributed by atoms with van der Waals surface area (Å²) >= 11 is 1.33. The van der Waals surface area contributed by atoms with E-state index in [1.54, 1.807) is 32.2 Å². The van der Waals surface area contributed by atoms with Crippen LogP contribution in [0.4, 0.5) is 5.13 Å². The zero-order valence-electron chi connectivity index (χ0n) is 21.8. The Kier molecular flexibility index (Phi) is 6.67. The molecule has 5 rings (SSSR count). The third kappa shape index (κ3) is 4.99. The Hall–Kier alpha value is -4.17. The number of carbonyl (C=O) groups excluding carboxylic acids is 1. The molecule has 0 saturated heterocycles. The Morgan fingerprint density at radius 2 is 1.79 bits per heavy atom. The molecule has 38 heavy (non-hydrogen) atoms. The van der Waals surface area contributed by atoms with Crippen molar-refractivity contribution in [2.75, 3.05) is 12.4 Å². The number of thiazole rings is 1. The quantitative estimate of drug-likeness (QED) is 0.261. The number of rotatable bonds is 6. The van der Waals surface area contributed by atoms with E-state index in [1.807, 2.05) is 48.5 Å². The van der Waals surface area contributed by atoms with Crippen molar-refractivity contribution >= 4 is 43.6 Å². The lowest BCUT2D eigenvalue weighted by Gasteiger charge is -2.20. The molecule has 1 amide bonds. The fourth-order valence-corrected chi connectivity index (χ4v) is 4.96. The van der Waals surface area contributed by atoms with Crippen molar-refractivity contribution < 1.29 is 18.7 Å². The van der Waals surface area contributed by atoms with E-state index < -0.39 is 12.0 Å². The van der Waals surface area contributed by atoms with Crippen molar-refractivity contribution in [1.82, 2.24) is 4.98 Å². The molecule has 0 bridgehead atoms. The number of carbonyl (C=O) groups is 1. The molecule has 0 aliphatic heterocycles. The molecule has 1 atom stereocenters. The van der Waals surface area contributed by atoms with Crippen LogP contribution in [0.2, 0.25) is 0 Å². The van der Waals surface area contributed by atoms with E-state index in [0.717, 1.165) is 15.8 Å². The van der Waals surface area contributed by atoms with Gasteiger partial charge in [-0.05, 0) is 48.2 Å². The summed E-state index contributed by atoms with van der Waals surface area (Å²) in [7, 11) is 1.60. The zero-order chi connectivity index (χ0) is 27.0. The van der Waals surface area contributed by atoms with E-state index in [2.05, 4.69) is 31.1 Å². The monoisotopic (exact) mass is 528 g/mol. The van der Waals surface area contributed by atoms with Gasteiger partial charge in [0.05, 0.1) is 22.7 Å². The minimum Gasteiger partial charge on any atom is -0.497 e. The van der Waals surface area contributed by atoms with Gasteiger partial charge in [-0.1, -0.05) is 68.5 Å². The minimum absolute atomic E-state index is 0.0103. The lowest BCUT2D eigenvalue weighted by Crippen LogP contribution is -2.31. The molecule has 0 radical (unpaired) electrons. The van der Waals surface area contributed by atoms with Crippen LogP contribution < -0.4 is 20.2 Å². The number of para-hydroxylation sites is 1. The van der Waals surface area contributed by atoms with Crippen molar-refractivity contribution in [3.8, 4) is 22.8 Å². The Balaban J connectivity index is 1.47. The number of methoxy groups -OCH3 is 1. The van der Waals surface area contributed by atoms with E-state index in [-0.39, 0.29) is 22.4 Å². The molecule has 0 fully saturated rings. The molecular formula is C30H28N2O5S. The number of amides is 1.